The summed E-state index contributed by atoms with van der Waals surface area (Å²) in [5, 5.41) is 2.66. The highest BCUT2D eigenvalue weighted by atomic mass is 14.9. The van der Waals surface area contributed by atoms with E-state index in [1.54, 1.807) is 0 Å². The number of fused-ring (bicyclic) bond motifs is 1. The minimum Gasteiger partial charge on any atom is -0.200 e. The van der Waals surface area contributed by atoms with Crippen LogP contribution >= 0.6 is 0 Å². The molecule has 0 radical (unpaired) electrons. The average molecular weight is 333 g/mol. The Morgan fingerprint density at radius 1 is 0.920 bits per heavy atom. The third-order valence-corrected chi connectivity index (χ3v) is 5.00. The van der Waals surface area contributed by atoms with Crippen LogP contribution in [-0.4, -0.2) is 0 Å². The molecule has 25 heavy (non-hydrogen) atoms. The van der Waals surface area contributed by atoms with Gasteiger partial charge in [-0.1, -0.05) is 44.5 Å². The molecule has 1 heteroatoms. The number of aryl methyl sites for hydroxylation is 3. The first-order chi connectivity index (χ1) is 11.7. The molecular formula is C24H30N+. The maximum atomic E-state index is 2.40. The summed E-state index contributed by atoms with van der Waals surface area (Å²) in [5.74, 6) is 0. The summed E-state index contributed by atoms with van der Waals surface area (Å²) in [6.07, 6.45) is 3.27. The Labute approximate surface area is 152 Å². The molecule has 0 aliphatic heterocycles. The fourth-order valence-electron chi connectivity index (χ4n) is 3.75. The van der Waals surface area contributed by atoms with Gasteiger partial charge in [-0.25, -0.2) is 4.57 Å². The highest BCUT2D eigenvalue weighted by molar-refractivity contribution is 5.94. The smallest absolute Gasteiger partial charge is 0.200 e. The molecule has 3 aromatic rings. The van der Waals surface area contributed by atoms with Gasteiger partial charge in [0.1, 0.15) is 7.05 Å². The lowest BCUT2D eigenvalue weighted by molar-refractivity contribution is -0.659. The van der Waals surface area contributed by atoms with Crippen LogP contribution in [0, 0.1) is 26.2 Å². The van der Waals surface area contributed by atoms with Gasteiger partial charge in [-0.2, -0.15) is 0 Å². The molecule has 0 saturated carbocycles. The summed E-state index contributed by atoms with van der Waals surface area (Å²) in [6.45, 7) is 13.5. The van der Waals surface area contributed by atoms with Crippen LogP contribution in [0.5, 0.6) is 0 Å². The average Bonchev–Trinajstić information content (AvgIpc) is 2.49. The van der Waals surface area contributed by atoms with Crippen molar-refractivity contribution < 1.29 is 4.57 Å². The first kappa shape index (κ1) is 17.7. The van der Waals surface area contributed by atoms with Crippen molar-refractivity contribution in [2.45, 2.75) is 48.0 Å². The maximum absolute atomic E-state index is 2.40. The molecular weight excluding hydrogens is 302 g/mol. The summed E-state index contributed by atoms with van der Waals surface area (Å²) in [6, 6.07) is 13.8. The van der Waals surface area contributed by atoms with Crippen LogP contribution in [0.15, 0.2) is 42.6 Å². The van der Waals surface area contributed by atoms with E-state index < -0.39 is 0 Å². The van der Waals surface area contributed by atoms with Crippen molar-refractivity contribution in [3.63, 3.8) is 0 Å². The van der Waals surface area contributed by atoms with Gasteiger partial charge >= 0.3 is 0 Å². The Morgan fingerprint density at radius 3 is 2.32 bits per heavy atom. The lowest BCUT2D eigenvalue weighted by Crippen LogP contribution is -2.31. The van der Waals surface area contributed by atoms with Crippen molar-refractivity contribution in [2.24, 2.45) is 12.5 Å². The van der Waals surface area contributed by atoms with Gasteiger partial charge in [0.2, 0.25) is 5.69 Å². The zero-order valence-electron chi connectivity index (χ0n) is 16.7. The third kappa shape index (κ3) is 3.61. The number of pyridine rings is 1. The molecule has 0 N–H and O–H groups in total. The molecule has 1 nitrogen and oxygen atoms in total. The standard InChI is InChI=1S/C24H30N/c1-16-12-17(2)18(3)21(13-16)23-22-14-19(15-24(4,5)6)8-9-20(22)10-11-25(23)7/h8-14H,15H2,1-7H3/q+1. The Morgan fingerprint density at radius 2 is 1.64 bits per heavy atom. The van der Waals surface area contributed by atoms with Crippen LogP contribution in [0.25, 0.3) is 22.0 Å². The van der Waals surface area contributed by atoms with Gasteiger partial charge in [0.25, 0.3) is 0 Å². The highest BCUT2D eigenvalue weighted by Gasteiger charge is 2.19. The second-order valence-corrected chi connectivity index (χ2v) is 8.69. The van der Waals surface area contributed by atoms with Crippen LogP contribution in [0.4, 0.5) is 0 Å². The predicted octanol–water partition coefficient (Wildman–Crippen LogP) is 5.85. The summed E-state index contributed by atoms with van der Waals surface area (Å²) in [4.78, 5) is 0. The summed E-state index contributed by atoms with van der Waals surface area (Å²) in [5.41, 5.74) is 8.42. The Balaban J connectivity index is 2.30. The molecule has 1 heterocycles. The van der Waals surface area contributed by atoms with E-state index in [4.69, 9.17) is 0 Å². The Kier molecular flexibility index (Phi) is 4.45. The van der Waals surface area contributed by atoms with Gasteiger partial charge in [0.15, 0.2) is 6.20 Å². The van der Waals surface area contributed by atoms with Crippen molar-refractivity contribution in [1.29, 1.82) is 0 Å². The number of benzene rings is 2. The van der Waals surface area contributed by atoms with Gasteiger partial charge in [0.05, 0.1) is 10.9 Å². The van der Waals surface area contributed by atoms with E-state index >= 15 is 0 Å². The first-order valence-electron chi connectivity index (χ1n) is 9.15. The Bertz CT molecular complexity index is 942. The summed E-state index contributed by atoms with van der Waals surface area (Å²) < 4.78 is 2.27. The summed E-state index contributed by atoms with van der Waals surface area (Å²) >= 11 is 0. The minimum atomic E-state index is 0.292. The van der Waals surface area contributed by atoms with E-state index in [0.29, 0.717) is 5.41 Å². The van der Waals surface area contributed by atoms with E-state index in [-0.39, 0.29) is 0 Å². The number of hydrogen-bond acceptors (Lipinski definition) is 0. The second-order valence-electron chi connectivity index (χ2n) is 8.69. The molecule has 0 spiro atoms. The number of aromatic nitrogens is 1. The zero-order valence-corrected chi connectivity index (χ0v) is 16.7. The molecule has 0 aliphatic carbocycles. The topological polar surface area (TPSA) is 3.88 Å². The third-order valence-electron chi connectivity index (χ3n) is 5.00. The highest BCUT2D eigenvalue weighted by Crippen LogP contribution is 2.32. The van der Waals surface area contributed by atoms with Crippen molar-refractivity contribution in [1.82, 2.24) is 0 Å². The normalized spacial score (nSPS) is 12.0. The van der Waals surface area contributed by atoms with Gasteiger partial charge in [-0.15, -0.1) is 0 Å². The maximum Gasteiger partial charge on any atom is 0.220 e. The van der Waals surface area contributed by atoms with Crippen LogP contribution in [0.2, 0.25) is 0 Å². The predicted molar refractivity (Wildman–Crippen MR) is 108 cm³/mol. The van der Waals surface area contributed by atoms with Gasteiger partial charge in [0, 0.05) is 6.07 Å². The largest absolute Gasteiger partial charge is 0.220 e. The molecule has 0 fully saturated rings. The number of hydrogen-bond donors (Lipinski definition) is 0. The van der Waals surface area contributed by atoms with Crippen molar-refractivity contribution >= 4 is 10.8 Å². The molecule has 0 atom stereocenters. The van der Waals surface area contributed by atoms with E-state index in [1.165, 1.54) is 44.3 Å². The molecule has 2 aromatic carbocycles. The number of rotatable bonds is 2. The quantitative estimate of drug-likeness (QED) is 0.519. The van der Waals surface area contributed by atoms with Gasteiger partial charge < -0.3 is 0 Å². The van der Waals surface area contributed by atoms with Gasteiger partial charge in [-0.3, -0.25) is 0 Å². The van der Waals surface area contributed by atoms with Crippen LogP contribution < -0.4 is 4.57 Å². The van der Waals surface area contributed by atoms with Crippen LogP contribution in [0.1, 0.15) is 43.0 Å². The van der Waals surface area contributed by atoms with E-state index in [1.807, 2.05) is 0 Å². The minimum absolute atomic E-state index is 0.292. The fraction of sp³-hybridized carbons (Fsp3) is 0.375. The van der Waals surface area contributed by atoms with E-state index in [2.05, 4.69) is 95.8 Å². The van der Waals surface area contributed by atoms with Crippen molar-refractivity contribution in [3.05, 3.63) is 64.8 Å². The van der Waals surface area contributed by atoms with Crippen molar-refractivity contribution in [3.8, 4) is 11.3 Å². The lowest BCUT2D eigenvalue weighted by Gasteiger charge is -2.18. The first-order valence-corrected chi connectivity index (χ1v) is 9.15. The number of nitrogens with zero attached hydrogens (tertiary/aromatic N) is 1. The van der Waals surface area contributed by atoms with Crippen LogP contribution in [0.3, 0.4) is 0 Å². The summed E-state index contributed by atoms with van der Waals surface area (Å²) in [7, 11) is 2.16. The van der Waals surface area contributed by atoms with E-state index in [0.717, 1.165) is 6.42 Å². The molecule has 0 saturated heterocycles. The molecule has 0 bridgehead atoms. The molecule has 0 aliphatic rings. The monoisotopic (exact) mass is 332 g/mol. The molecule has 0 unspecified atom stereocenters. The lowest BCUT2D eigenvalue weighted by atomic mass is 9.87. The zero-order chi connectivity index (χ0) is 18.4. The molecule has 3 rings (SSSR count). The van der Waals surface area contributed by atoms with Crippen molar-refractivity contribution in [2.75, 3.05) is 0 Å². The molecule has 0 amide bonds. The molecule has 130 valence electrons. The Hall–Kier alpha value is -2.15. The second kappa shape index (κ2) is 6.29. The van der Waals surface area contributed by atoms with Gasteiger partial charge in [-0.05, 0) is 66.8 Å². The SMILES string of the molecule is Cc1cc(C)c(C)c(-c2c3cc(CC(C)(C)C)ccc3cc[n+]2C)c1. The van der Waals surface area contributed by atoms with Crippen LogP contribution in [-0.2, 0) is 13.5 Å². The van der Waals surface area contributed by atoms with E-state index in [9.17, 15) is 0 Å². The fourth-order valence-corrected chi connectivity index (χ4v) is 3.75. The molecule has 1 aromatic heterocycles.